The predicted molar refractivity (Wildman–Crippen MR) is 142 cm³/mol. The van der Waals surface area contributed by atoms with Crippen molar-refractivity contribution < 1.29 is 23.9 Å². The summed E-state index contributed by atoms with van der Waals surface area (Å²) in [6, 6.07) is 13.2. The van der Waals surface area contributed by atoms with Crippen molar-refractivity contribution >= 4 is 30.0 Å². The average Bonchev–Trinajstić information content (AvgIpc) is 3.72. The summed E-state index contributed by atoms with van der Waals surface area (Å²) >= 11 is 0. The van der Waals surface area contributed by atoms with E-state index in [1.807, 2.05) is 17.0 Å². The van der Waals surface area contributed by atoms with E-state index < -0.39 is 11.7 Å². The van der Waals surface area contributed by atoms with Crippen LogP contribution in [0.25, 0.3) is 0 Å². The van der Waals surface area contributed by atoms with Gasteiger partial charge in [0.25, 0.3) is 0 Å². The van der Waals surface area contributed by atoms with E-state index in [1.165, 1.54) is 24.6 Å². The van der Waals surface area contributed by atoms with Gasteiger partial charge >= 0.3 is 12.1 Å². The number of nitrogens with zero attached hydrogens (tertiary/aromatic N) is 2. The number of likely N-dealkylation sites (N-methyl/N-ethyl adjacent to an activating group) is 1. The maximum atomic E-state index is 13.5. The van der Waals surface area contributed by atoms with Gasteiger partial charge in [0.1, 0.15) is 6.54 Å². The van der Waals surface area contributed by atoms with E-state index in [4.69, 9.17) is 4.74 Å². The van der Waals surface area contributed by atoms with Crippen LogP contribution in [0.4, 0.5) is 15.3 Å². The van der Waals surface area contributed by atoms with E-state index >= 15 is 0 Å². The number of nitrogens with one attached hydrogen (secondary N) is 2. The number of carbonyl (C=O) groups is 4. The number of aryl methyl sites for hydroxylation is 2. The van der Waals surface area contributed by atoms with E-state index in [9.17, 15) is 19.2 Å². The predicted octanol–water partition coefficient (Wildman–Crippen LogP) is 3.60. The van der Waals surface area contributed by atoms with Crippen molar-refractivity contribution in [3.8, 4) is 0 Å². The van der Waals surface area contributed by atoms with E-state index in [2.05, 4.69) is 22.8 Å². The molecule has 38 heavy (non-hydrogen) atoms. The van der Waals surface area contributed by atoms with Crippen molar-refractivity contribution in [1.82, 2.24) is 15.1 Å². The first-order valence-corrected chi connectivity index (χ1v) is 13.2. The van der Waals surface area contributed by atoms with Gasteiger partial charge in [-0.1, -0.05) is 30.3 Å². The van der Waals surface area contributed by atoms with Gasteiger partial charge in [-0.25, -0.2) is 9.59 Å². The van der Waals surface area contributed by atoms with E-state index in [0.29, 0.717) is 42.8 Å². The molecule has 9 heteroatoms. The fourth-order valence-electron chi connectivity index (χ4n) is 5.74. The van der Waals surface area contributed by atoms with Gasteiger partial charge in [0, 0.05) is 44.4 Å². The number of aldehydes is 1. The molecule has 2 aromatic carbocycles. The van der Waals surface area contributed by atoms with Crippen LogP contribution in [0.1, 0.15) is 47.9 Å². The summed E-state index contributed by atoms with van der Waals surface area (Å²) in [5, 5.41) is 5.20. The highest BCUT2D eigenvalue weighted by Crippen LogP contribution is 2.41. The summed E-state index contributed by atoms with van der Waals surface area (Å²) in [6.45, 7) is 0.415. The Balaban J connectivity index is 1.27. The average molecular weight is 519 g/mol. The molecule has 1 heterocycles. The maximum Gasteiger partial charge on any atom is 0.411 e. The molecule has 4 amide bonds. The van der Waals surface area contributed by atoms with E-state index in [1.54, 1.807) is 18.2 Å². The Labute approximate surface area is 222 Å². The zero-order valence-corrected chi connectivity index (χ0v) is 21.9. The second kappa shape index (κ2) is 10.5. The number of rotatable bonds is 6. The highest BCUT2D eigenvalue weighted by Gasteiger charge is 2.44. The summed E-state index contributed by atoms with van der Waals surface area (Å²) in [5.41, 5.74) is 3.02. The van der Waals surface area contributed by atoms with E-state index in [0.717, 1.165) is 36.8 Å². The first-order chi connectivity index (χ1) is 18.3. The van der Waals surface area contributed by atoms with Crippen molar-refractivity contribution in [2.24, 2.45) is 5.92 Å². The minimum absolute atomic E-state index is 0.116. The molecule has 5 rings (SSSR count). The molecule has 2 N–H and O–H groups in total. The van der Waals surface area contributed by atoms with Crippen molar-refractivity contribution in [1.29, 1.82) is 0 Å². The molecule has 3 aliphatic rings. The third kappa shape index (κ3) is 5.10. The monoisotopic (exact) mass is 518 g/mol. The second-order valence-electron chi connectivity index (χ2n) is 10.5. The SMILES string of the molecule is CNC(=O)Nc1ccc2c(c1)CC[C@]2(C=O)OC(=O)N(C)CC(=O)N1Cc2ccccc2CC[C@@H]1C1CC1. The molecule has 0 saturated heterocycles. The molecule has 200 valence electrons. The zero-order valence-electron chi connectivity index (χ0n) is 21.9. The van der Waals surface area contributed by atoms with Crippen molar-refractivity contribution in [3.05, 3.63) is 64.7 Å². The van der Waals surface area contributed by atoms with Crippen molar-refractivity contribution in [2.75, 3.05) is 26.0 Å². The number of anilines is 1. The molecular weight excluding hydrogens is 484 g/mol. The van der Waals surface area contributed by atoms with Crippen LogP contribution in [0.3, 0.4) is 0 Å². The van der Waals surface area contributed by atoms with Gasteiger partial charge in [-0.15, -0.1) is 0 Å². The summed E-state index contributed by atoms with van der Waals surface area (Å²) in [4.78, 5) is 53.8. The Kier molecular flexibility index (Phi) is 7.10. The summed E-state index contributed by atoms with van der Waals surface area (Å²) in [7, 11) is 3.06. The Hall–Kier alpha value is -3.88. The van der Waals surface area contributed by atoms with Crippen LogP contribution in [0.2, 0.25) is 0 Å². The van der Waals surface area contributed by atoms with Gasteiger partial charge in [0.05, 0.1) is 0 Å². The summed E-state index contributed by atoms with van der Waals surface area (Å²) in [5.74, 6) is 0.400. The molecule has 0 bridgehead atoms. The minimum atomic E-state index is -1.42. The number of hydrogen-bond acceptors (Lipinski definition) is 5. The van der Waals surface area contributed by atoms with Crippen LogP contribution in [0.15, 0.2) is 42.5 Å². The molecule has 2 aliphatic carbocycles. The van der Waals surface area contributed by atoms with Crippen LogP contribution in [0, 0.1) is 5.92 Å². The largest absolute Gasteiger partial charge is 0.430 e. The molecule has 2 aromatic rings. The number of hydrogen-bond donors (Lipinski definition) is 2. The Morgan fingerprint density at radius 3 is 2.55 bits per heavy atom. The molecule has 0 radical (unpaired) electrons. The molecule has 0 spiro atoms. The number of urea groups is 1. The number of carbonyl (C=O) groups excluding carboxylic acids is 4. The first-order valence-electron chi connectivity index (χ1n) is 13.2. The summed E-state index contributed by atoms with van der Waals surface area (Å²) < 4.78 is 5.78. The fraction of sp³-hybridized carbons (Fsp3) is 0.448. The third-order valence-corrected chi connectivity index (χ3v) is 8.01. The third-order valence-electron chi connectivity index (χ3n) is 8.01. The lowest BCUT2D eigenvalue weighted by Gasteiger charge is -2.33. The van der Waals surface area contributed by atoms with Crippen LogP contribution in [-0.4, -0.2) is 60.8 Å². The standard InChI is InChI=1S/C29H34N4O5/c1-30-27(36)31-23-10-11-24-21(15-23)13-14-29(24,18-34)38-28(37)32(2)17-26(35)33-16-22-6-4-3-5-19(22)9-12-25(33)20-7-8-20/h3-6,10-11,15,18,20,25H,7-9,12-14,16-17H2,1-2H3,(H2,30,31,36)/t25-,29-/m1/s1. The topological polar surface area (TPSA) is 108 Å². The molecule has 2 atom stereocenters. The lowest BCUT2D eigenvalue weighted by molar-refractivity contribution is -0.136. The van der Waals surface area contributed by atoms with Crippen LogP contribution < -0.4 is 10.6 Å². The minimum Gasteiger partial charge on any atom is -0.430 e. The Morgan fingerprint density at radius 2 is 1.84 bits per heavy atom. The lowest BCUT2D eigenvalue weighted by atomic mass is 9.97. The highest BCUT2D eigenvalue weighted by molar-refractivity contribution is 5.89. The molecule has 1 aliphatic heterocycles. The summed E-state index contributed by atoms with van der Waals surface area (Å²) in [6.07, 6.45) is 4.88. The van der Waals surface area contributed by atoms with Crippen LogP contribution >= 0.6 is 0 Å². The second-order valence-corrected chi connectivity index (χ2v) is 10.5. The molecular formula is C29H34N4O5. The van der Waals surface area contributed by atoms with Gasteiger partial charge in [0.2, 0.25) is 5.91 Å². The van der Waals surface area contributed by atoms with Gasteiger partial charge in [-0.3, -0.25) is 9.59 Å². The van der Waals surface area contributed by atoms with Gasteiger partial charge in [0.15, 0.2) is 11.9 Å². The van der Waals surface area contributed by atoms with Gasteiger partial charge < -0.3 is 25.2 Å². The Bertz CT molecular complexity index is 1260. The number of ether oxygens (including phenoxy) is 1. The van der Waals surface area contributed by atoms with Crippen LogP contribution in [0.5, 0.6) is 0 Å². The highest BCUT2D eigenvalue weighted by atomic mass is 16.6. The van der Waals surface area contributed by atoms with Crippen LogP contribution in [-0.2, 0) is 39.3 Å². The molecule has 0 aromatic heterocycles. The number of fused-ring (bicyclic) bond motifs is 2. The lowest BCUT2D eigenvalue weighted by Crippen LogP contribution is -2.47. The Morgan fingerprint density at radius 1 is 1.08 bits per heavy atom. The van der Waals surface area contributed by atoms with Gasteiger partial charge in [-0.05, 0) is 66.8 Å². The number of benzene rings is 2. The zero-order chi connectivity index (χ0) is 26.9. The maximum absolute atomic E-state index is 13.5. The van der Waals surface area contributed by atoms with Crippen molar-refractivity contribution in [2.45, 2.75) is 56.7 Å². The number of amides is 4. The van der Waals surface area contributed by atoms with E-state index in [-0.39, 0.29) is 24.5 Å². The molecule has 1 saturated carbocycles. The molecule has 0 unspecified atom stereocenters. The normalized spacial score (nSPS) is 21.9. The fourth-order valence-corrected chi connectivity index (χ4v) is 5.74. The van der Waals surface area contributed by atoms with Crippen molar-refractivity contribution in [3.63, 3.8) is 0 Å². The molecule has 9 nitrogen and oxygen atoms in total. The smallest absolute Gasteiger partial charge is 0.411 e. The first kappa shape index (κ1) is 25.8. The molecule has 1 fully saturated rings. The quantitative estimate of drug-likeness (QED) is 0.568. The van der Waals surface area contributed by atoms with Gasteiger partial charge in [-0.2, -0.15) is 0 Å².